The number of nitrogens with zero attached hydrogens (tertiary/aromatic N) is 2. The lowest BCUT2D eigenvalue weighted by atomic mass is 10.1. The topological polar surface area (TPSA) is 33.2 Å². The van der Waals surface area contributed by atoms with E-state index < -0.39 is 0 Å². The van der Waals surface area contributed by atoms with Crippen molar-refractivity contribution in [3.63, 3.8) is 0 Å². The van der Waals surface area contributed by atoms with Crippen molar-refractivity contribution in [3.8, 4) is 0 Å². The SMILES string of the molecule is CC(C)N(C(=O)Cc1csc(Cc2ccccc2)n1)c1ccccc1. The van der Waals surface area contributed by atoms with Gasteiger partial charge >= 0.3 is 0 Å². The molecule has 0 radical (unpaired) electrons. The lowest BCUT2D eigenvalue weighted by Gasteiger charge is -2.26. The summed E-state index contributed by atoms with van der Waals surface area (Å²) in [7, 11) is 0. The lowest BCUT2D eigenvalue weighted by molar-refractivity contribution is -0.118. The highest BCUT2D eigenvalue weighted by Crippen LogP contribution is 2.20. The van der Waals surface area contributed by atoms with Gasteiger partial charge < -0.3 is 4.90 Å². The van der Waals surface area contributed by atoms with Crippen LogP contribution in [0.3, 0.4) is 0 Å². The van der Waals surface area contributed by atoms with Gasteiger partial charge in [0.25, 0.3) is 0 Å². The minimum Gasteiger partial charge on any atom is -0.310 e. The molecule has 0 saturated carbocycles. The molecule has 1 amide bonds. The Morgan fingerprint density at radius 1 is 1.04 bits per heavy atom. The van der Waals surface area contributed by atoms with Crippen LogP contribution < -0.4 is 4.90 Å². The van der Waals surface area contributed by atoms with E-state index in [0.29, 0.717) is 6.42 Å². The van der Waals surface area contributed by atoms with E-state index in [-0.39, 0.29) is 11.9 Å². The Balaban J connectivity index is 1.70. The summed E-state index contributed by atoms with van der Waals surface area (Å²) in [4.78, 5) is 19.3. The largest absolute Gasteiger partial charge is 0.310 e. The van der Waals surface area contributed by atoms with Gasteiger partial charge in [0.05, 0.1) is 17.1 Å². The number of carbonyl (C=O) groups excluding carboxylic acids is 1. The third-order valence-corrected chi connectivity index (χ3v) is 4.85. The van der Waals surface area contributed by atoms with Crippen molar-refractivity contribution in [1.82, 2.24) is 4.98 Å². The van der Waals surface area contributed by atoms with Crippen molar-refractivity contribution in [2.24, 2.45) is 0 Å². The fourth-order valence-corrected chi connectivity index (χ4v) is 3.67. The van der Waals surface area contributed by atoms with Crippen molar-refractivity contribution in [1.29, 1.82) is 0 Å². The van der Waals surface area contributed by atoms with Crippen LogP contribution in [0.4, 0.5) is 5.69 Å². The molecule has 1 aromatic heterocycles. The summed E-state index contributed by atoms with van der Waals surface area (Å²) >= 11 is 1.62. The van der Waals surface area contributed by atoms with Gasteiger partial charge in [-0.25, -0.2) is 4.98 Å². The van der Waals surface area contributed by atoms with E-state index in [0.717, 1.165) is 22.8 Å². The molecule has 3 nitrogen and oxygen atoms in total. The quantitative estimate of drug-likeness (QED) is 0.644. The van der Waals surface area contributed by atoms with E-state index in [4.69, 9.17) is 0 Å². The zero-order chi connectivity index (χ0) is 17.6. The number of para-hydroxylation sites is 1. The first-order chi connectivity index (χ1) is 12.1. The predicted octanol–water partition coefficient (Wildman–Crippen LogP) is 4.72. The van der Waals surface area contributed by atoms with Crippen LogP contribution in [0.2, 0.25) is 0 Å². The maximum atomic E-state index is 12.8. The predicted molar refractivity (Wildman–Crippen MR) is 104 cm³/mol. The van der Waals surface area contributed by atoms with Gasteiger partial charge in [-0.05, 0) is 31.5 Å². The molecular weight excluding hydrogens is 328 g/mol. The molecule has 1 heterocycles. The molecule has 0 spiro atoms. The van der Waals surface area contributed by atoms with Crippen LogP contribution in [0, 0.1) is 0 Å². The number of amides is 1. The molecule has 25 heavy (non-hydrogen) atoms. The van der Waals surface area contributed by atoms with E-state index >= 15 is 0 Å². The molecule has 2 aromatic carbocycles. The summed E-state index contributed by atoms with van der Waals surface area (Å²) in [5.41, 5.74) is 3.02. The fraction of sp³-hybridized carbons (Fsp3) is 0.238. The Kier molecular flexibility index (Phi) is 5.61. The van der Waals surface area contributed by atoms with Gasteiger partial charge in [0.2, 0.25) is 5.91 Å². The average Bonchev–Trinajstić information content (AvgIpc) is 3.03. The summed E-state index contributed by atoms with van der Waals surface area (Å²) < 4.78 is 0. The maximum Gasteiger partial charge on any atom is 0.233 e. The van der Waals surface area contributed by atoms with E-state index in [9.17, 15) is 4.79 Å². The van der Waals surface area contributed by atoms with Crippen LogP contribution in [-0.2, 0) is 17.6 Å². The van der Waals surface area contributed by atoms with Crippen LogP contribution >= 0.6 is 11.3 Å². The molecule has 0 N–H and O–H groups in total. The Morgan fingerprint density at radius 3 is 2.32 bits per heavy atom. The molecule has 128 valence electrons. The smallest absolute Gasteiger partial charge is 0.233 e. The standard InChI is InChI=1S/C21H22N2OS/c1-16(2)23(19-11-7-4-8-12-19)21(24)14-18-15-25-20(22-18)13-17-9-5-3-6-10-17/h3-12,15-16H,13-14H2,1-2H3. The molecule has 0 aliphatic rings. The minimum absolute atomic E-state index is 0.0813. The van der Waals surface area contributed by atoms with E-state index in [1.807, 2.05) is 72.7 Å². The number of hydrogen-bond donors (Lipinski definition) is 0. The molecule has 0 aliphatic heterocycles. The molecule has 3 rings (SSSR count). The first kappa shape index (κ1) is 17.4. The summed E-state index contributed by atoms with van der Waals surface area (Å²) in [5, 5.41) is 3.05. The molecule has 0 saturated heterocycles. The molecule has 4 heteroatoms. The van der Waals surface area contributed by atoms with E-state index in [1.165, 1.54) is 5.56 Å². The van der Waals surface area contributed by atoms with Gasteiger partial charge in [-0.15, -0.1) is 11.3 Å². The van der Waals surface area contributed by atoms with Gasteiger partial charge in [-0.3, -0.25) is 4.79 Å². The normalized spacial score (nSPS) is 10.8. The minimum atomic E-state index is 0.0813. The van der Waals surface area contributed by atoms with Crippen molar-refractivity contribution in [3.05, 3.63) is 82.3 Å². The number of aromatic nitrogens is 1. The van der Waals surface area contributed by atoms with E-state index in [2.05, 4.69) is 17.1 Å². The highest BCUT2D eigenvalue weighted by molar-refractivity contribution is 7.09. The Morgan fingerprint density at radius 2 is 1.68 bits per heavy atom. The van der Waals surface area contributed by atoms with Crippen molar-refractivity contribution in [2.45, 2.75) is 32.7 Å². The van der Waals surface area contributed by atoms with Crippen LogP contribution in [0.15, 0.2) is 66.0 Å². The molecule has 0 bridgehead atoms. The van der Waals surface area contributed by atoms with Crippen molar-refractivity contribution in [2.75, 3.05) is 4.90 Å². The Bertz CT molecular complexity index is 812. The third kappa shape index (κ3) is 4.54. The molecule has 0 atom stereocenters. The summed E-state index contributed by atoms with van der Waals surface area (Å²) in [6.07, 6.45) is 1.14. The molecule has 0 aliphatic carbocycles. The zero-order valence-corrected chi connectivity index (χ0v) is 15.4. The number of benzene rings is 2. The first-order valence-corrected chi connectivity index (χ1v) is 9.36. The van der Waals surface area contributed by atoms with Crippen molar-refractivity contribution < 1.29 is 4.79 Å². The monoisotopic (exact) mass is 350 g/mol. The van der Waals surface area contributed by atoms with Gasteiger partial charge in [-0.1, -0.05) is 48.5 Å². The summed E-state index contributed by atoms with van der Waals surface area (Å²) in [6, 6.07) is 20.2. The fourth-order valence-electron chi connectivity index (χ4n) is 2.84. The summed E-state index contributed by atoms with van der Waals surface area (Å²) in [5.74, 6) is 0.0813. The maximum absolute atomic E-state index is 12.8. The Labute approximate surface area is 153 Å². The van der Waals surface area contributed by atoms with Gasteiger partial charge in [0.15, 0.2) is 0 Å². The lowest BCUT2D eigenvalue weighted by Crippen LogP contribution is -2.38. The van der Waals surface area contributed by atoms with Crippen LogP contribution in [-0.4, -0.2) is 16.9 Å². The molecule has 3 aromatic rings. The van der Waals surface area contributed by atoms with Gasteiger partial charge in [0.1, 0.15) is 0 Å². The second-order valence-electron chi connectivity index (χ2n) is 6.26. The second-order valence-corrected chi connectivity index (χ2v) is 7.21. The summed E-state index contributed by atoms with van der Waals surface area (Å²) in [6.45, 7) is 4.07. The highest BCUT2D eigenvalue weighted by Gasteiger charge is 2.20. The van der Waals surface area contributed by atoms with E-state index in [1.54, 1.807) is 11.3 Å². The second kappa shape index (κ2) is 8.08. The highest BCUT2D eigenvalue weighted by atomic mass is 32.1. The van der Waals surface area contributed by atoms with Crippen LogP contribution in [0.5, 0.6) is 0 Å². The first-order valence-electron chi connectivity index (χ1n) is 8.48. The third-order valence-electron chi connectivity index (χ3n) is 3.95. The van der Waals surface area contributed by atoms with Gasteiger partial charge in [-0.2, -0.15) is 0 Å². The van der Waals surface area contributed by atoms with Gasteiger partial charge in [0, 0.05) is 23.5 Å². The number of anilines is 1. The number of rotatable bonds is 6. The Hall–Kier alpha value is -2.46. The molecule has 0 fully saturated rings. The van der Waals surface area contributed by atoms with Crippen LogP contribution in [0.1, 0.15) is 30.1 Å². The number of hydrogen-bond acceptors (Lipinski definition) is 3. The van der Waals surface area contributed by atoms with Crippen molar-refractivity contribution >= 4 is 22.9 Å². The number of carbonyl (C=O) groups is 1. The number of thiazole rings is 1. The van der Waals surface area contributed by atoms with Crippen LogP contribution in [0.25, 0.3) is 0 Å². The molecule has 0 unspecified atom stereocenters. The molecular formula is C21H22N2OS. The zero-order valence-electron chi connectivity index (χ0n) is 14.6. The average molecular weight is 350 g/mol.